The van der Waals surface area contributed by atoms with Gasteiger partial charge in [-0.2, -0.15) is 0 Å². The van der Waals surface area contributed by atoms with E-state index in [0.29, 0.717) is 17.6 Å². The van der Waals surface area contributed by atoms with Gasteiger partial charge in [0.2, 0.25) is 5.91 Å². The van der Waals surface area contributed by atoms with Crippen molar-refractivity contribution in [3.05, 3.63) is 35.9 Å². The van der Waals surface area contributed by atoms with Crippen molar-refractivity contribution in [2.45, 2.75) is 44.6 Å². The van der Waals surface area contributed by atoms with Gasteiger partial charge in [0.15, 0.2) is 22.5 Å². The van der Waals surface area contributed by atoms with E-state index in [1.807, 2.05) is 25.3 Å². The normalized spacial score (nSPS) is 12.2. The van der Waals surface area contributed by atoms with E-state index in [1.165, 1.54) is 17.8 Å². The highest BCUT2D eigenvalue weighted by molar-refractivity contribution is 7.99. The maximum atomic E-state index is 13.8. The monoisotopic (exact) mass is 396 g/mol. The Hall–Kier alpha value is -2.13. The van der Waals surface area contributed by atoms with Gasteiger partial charge in [-0.1, -0.05) is 23.9 Å². The summed E-state index contributed by atoms with van der Waals surface area (Å²) < 4.78 is 26.4. The molecule has 2 aromatic rings. The second-order valence-corrected chi connectivity index (χ2v) is 7.25. The van der Waals surface area contributed by atoms with Gasteiger partial charge < -0.3 is 14.8 Å². The van der Waals surface area contributed by atoms with Crippen molar-refractivity contribution in [1.82, 2.24) is 20.1 Å². The van der Waals surface area contributed by atoms with Gasteiger partial charge in [0, 0.05) is 13.2 Å². The number of benzene rings is 1. The van der Waals surface area contributed by atoms with E-state index in [-0.39, 0.29) is 36.1 Å². The first-order valence-electron chi connectivity index (χ1n) is 8.64. The van der Waals surface area contributed by atoms with E-state index >= 15 is 0 Å². The minimum atomic E-state index is -0.437. The molecule has 1 heterocycles. The molecule has 1 amide bonds. The highest BCUT2D eigenvalue weighted by Crippen LogP contribution is 2.23. The number of para-hydroxylation sites is 1. The summed E-state index contributed by atoms with van der Waals surface area (Å²) in [5, 5.41) is 11.8. The van der Waals surface area contributed by atoms with Crippen LogP contribution in [0.15, 0.2) is 29.4 Å². The summed E-state index contributed by atoms with van der Waals surface area (Å²) in [6, 6.07) is 6.20. The van der Waals surface area contributed by atoms with Crippen molar-refractivity contribution in [2.75, 3.05) is 19.5 Å². The fraction of sp³-hybridized carbons (Fsp3) is 0.500. The SMILES string of the molecule is COC[C@@H](C)n1c(COc2ccccc2F)nnc1SCC(=O)NC(C)C. The van der Waals surface area contributed by atoms with Crippen LogP contribution in [0, 0.1) is 5.82 Å². The van der Waals surface area contributed by atoms with Crippen LogP contribution in [-0.4, -0.2) is 46.2 Å². The quantitative estimate of drug-likeness (QED) is 0.622. The molecule has 1 N–H and O–H groups in total. The Bertz CT molecular complexity index is 754. The number of rotatable bonds is 10. The largest absolute Gasteiger partial charge is 0.483 e. The Morgan fingerprint density at radius 3 is 2.70 bits per heavy atom. The lowest BCUT2D eigenvalue weighted by atomic mass is 10.3. The number of nitrogens with one attached hydrogen (secondary N) is 1. The zero-order chi connectivity index (χ0) is 19.8. The topological polar surface area (TPSA) is 78.3 Å². The van der Waals surface area contributed by atoms with Crippen molar-refractivity contribution in [3.8, 4) is 5.75 Å². The summed E-state index contributed by atoms with van der Waals surface area (Å²) in [4.78, 5) is 11.9. The van der Waals surface area contributed by atoms with Crippen LogP contribution in [0.1, 0.15) is 32.6 Å². The third-order valence-corrected chi connectivity index (χ3v) is 4.50. The first-order chi connectivity index (χ1) is 12.9. The molecule has 0 aliphatic heterocycles. The number of carbonyl (C=O) groups excluding carboxylic acids is 1. The van der Waals surface area contributed by atoms with Crippen molar-refractivity contribution in [2.24, 2.45) is 0 Å². The molecule has 0 unspecified atom stereocenters. The fourth-order valence-electron chi connectivity index (χ4n) is 2.46. The summed E-state index contributed by atoms with van der Waals surface area (Å²) in [6.45, 7) is 6.27. The predicted octanol–water partition coefficient (Wildman–Crippen LogP) is 2.82. The molecule has 1 aromatic carbocycles. The smallest absolute Gasteiger partial charge is 0.230 e. The molecule has 1 aromatic heterocycles. The minimum Gasteiger partial charge on any atom is -0.483 e. The molecule has 27 heavy (non-hydrogen) atoms. The van der Waals surface area contributed by atoms with Crippen LogP contribution < -0.4 is 10.1 Å². The fourth-order valence-corrected chi connectivity index (χ4v) is 3.33. The first-order valence-corrected chi connectivity index (χ1v) is 9.63. The standard InChI is InChI=1S/C18H25FN4O3S/c1-12(2)20-17(24)11-27-18-22-21-16(23(18)13(3)9-25-4)10-26-15-8-6-5-7-14(15)19/h5-8,12-13H,9-11H2,1-4H3,(H,20,24)/t13-/m1/s1. The van der Waals surface area contributed by atoms with Crippen LogP contribution in [0.3, 0.4) is 0 Å². The number of aromatic nitrogens is 3. The van der Waals surface area contributed by atoms with Gasteiger partial charge in [0.05, 0.1) is 18.4 Å². The average molecular weight is 396 g/mol. The summed E-state index contributed by atoms with van der Waals surface area (Å²) >= 11 is 1.29. The summed E-state index contributed by atoms with van der Waals surface area (Å²) in [6.07, 6.45) is 0. The van der Waals surface area contributed by atoms with E-state index in [1.54, 1.807) is 25.3 Å². The molecular weight excluding hydrogens is 371 g/mol. The molecule has 0 aliphatic carbocycles. The van der Waals surface area contributed by atoms with Crippen molar-refractivity contribution in [3.63, 3.8) is 0 Å². The third-order valence-electron chi connectivity index (χ3n) is 3.56. The van der Waals surface area contributed by atoms with E-state index in [2.05, 4.69) is 15.5 Å². The number of nitrogens with zero attached hydrogens (tertiary/aromatic N) is 3. The molecule has 0 radical (unpaired) electrons. The summed E-state index contributed by atoms with van der Waals surface area (Å²) in [5.41, 5.74) is 0. The van der Waals surface area contributed by atoms with Gasteiger partial charge >= 0.3 is 0 Å². The minimum absolute atomic E-state index is 0.0563. The third kappa shape index (κ3) is 6.21. The van der Waals surface area contributed by atoms with E-state index in [9.17, 15) is 9.18 Å². The summed E-state index contributed by atoms with van der Waals surface area (Å²) in [7, 11) is 1.61. The Morgan fingerprint density at radius 2 is 2.04 bits per heavy atom. The Kier molecular flexibility index (Phi) is 8.05. The number of ether oxygens (including phenoxy) is 2. The molecule has 0 saturated heterocycles. The summed E-state index contributed by atoms with van der Waals surface area (Å²) in [5.74, 6) is 0.401. The van der Waals surface area contributed by atoms with E-state index < -0.39 is 5.82 Å². The lowest BCUT2D eigenvalue weighted by Crippen LogP contribution is -2.31. The van der Waals surface area contributed by atoms with E-state index in [0.717, 1.165) is 0 Å². The second kappa shape index (κ2) is 10.3. The van der Waals surface area contributed by atoms with Gasteiger partial charge in [0.25, 0.3) is 0 Å². The number of hydrogen-bond acceptors (Lipinski definition) is 6. The Labute approximate surface area is 162 Å². The zero-order valence-corrected chi connectivity index (χ0v) is 16.8. The number of hydrogen-bond donors (Lipinski definition) is 1. The molecule has 0 saturated carbocycles. The van der Waals surface area contributed by atoms with Crippen molar-refractivity contribution < 1.29 is 18.7 Å². The van der Waals surface area contributed by atoms with Gasteiger partial charge in [0.1, 0.15) is 6.61 Å². The highest BCUT2D eigenvalue weighted by atomic mass is 32.2. The van der Waals surface area contributed by atoms with Crippen LogP contribution >= 0.6 is 11.8 Å². The molecule has 0 spiro atoms. The lowest BCUT2D eigenvalue weighted by molar-refractivity contribution is -0.119. The molecule has 1 atom stereocenters. The zero-order valence-electron chi connectivity index (χ0n) is 15.9. The molecular formula is C18H25FN4O3S. The number of amides is 1. The average Bonchev–Trinajstić information content (AvgIpc) is 3.02. The van der Waals surface area contributed by atoms with Crippen LogP contribution in [0.2, 0.25) is 0 Å². The van der Waals surface area contributed by atoms with Gasteiger partial charge in [-0.05, 0) is 32.9 Å². The number of thioether (sulfide) groups is 1. The van der Waals surface area contributed by atoms with Crippen LogP contribution in [0.25, 0.3) is 0 Å². The first kappa shape index (κ1) is 21.2. The van der Waals surface area contributed by atoms with Gasteiger partial charge in [-0.15, -0.1) is 10.2 Å². The predicted molar refractivity (Wildman–Crippen MR) is 101 cm³/mol. The van der Waals surface area contributed by atoms with Crippen molar-refractivity contribution >= 4 is 17.7 Å². The van der Waals surface area contributed by atoms with Crippen molar-refractivity contribution in [1.29, 1.82) is 0 Å². The lowest BCUT2D eigenvalue weighted by Gasteiger charge is -2.17. The number of halogens is 1. The van der Waals surface area contributed by atoms with Gasteiger partial charge in [-0.25, -0.2) is 4.39 Å². The van der Waals surface area contributed by atoms with Crippen LogP contribution in [-0.2, 0) is 16.1 Å². The highest BCUT2D eigenvalue weighted by Gasteiger charge is 2.20. The van der Waals surface area contributed by atoms with Crippen LogP contribution in [0.4, 0.5) is 4.39 Å². The molecule has 0 fully saturated rings. The maximum absolute atomic E-state index is 13.8. The molecule has 9 heteroatoms. The Morgan fingerprint density at radius 1 is 1.30 bits per heavy atom. The molecule has 0 aliphatic rings. The molecule has 0 bridgehead atoms. The van der Waals surface area contributed by atoms with Gasteiger partial charge in [-0.3, -0.25) is 9.36 Å². The van der Waals surface area contributed by atoms with E-state index in [4.69, 9.17) is 9.47 Å². The number of methoxy groups -OCH3 is 1. The van der Waals surface area contributed by atoms with Crippen LogP contribution in [0.5, 0.6) is 5.75 Å². The number of carbonyl (C=O) groups is 1. The maximum Gasteiger partial charge on any atom is 0.230 e. The molecule has 148 valence electrons. The second-order valence-electron chi connectivity index (χ2n) is 6.30. The molecule has 2 rings (SSSR count). The molecule has 7 nitrogen and oxygen atoms in total. The Balaban J connectivity index is 2.13.